The van der Waals surface area contributed by atoms with Gasteiger partial charge in [-0.3, -0.25) is 0 Å². The Labute approximate surface area is 180 Å². The predicted molar refractivity (Wildman–Crippen MR) is 125 cm³/mol. The summed E-state index contributed by atoms with van der Waals surface area (Å²) < 4.78 is 0. The highest BCUT2D eigenvalue weighted by molar-refractivity contribution is 5.31. The van der Waals surface area contributed by atoms with E-state index in [1.165, 1.54) is 77.0 Å². The van der Waals surface area contributed by atoms with Gasteiger partial charge in [-0.1, -0.05) is 55.6 Å². The zero-order valence-electron chi connectivity index (χ0n) is 18.8. The molecule has 0 saturated heterocycles. The van der Waals surface area contributed by atoms with Crippen LogP contribution in [0, 0.1) is 35.5 Å². The average Bonchev–Trinajstić information content (AvgIpc) is 3.21. The highest BCUT2D eigenvalue weighted by atomic mass is 14.5. The van der Waals surface area contributed by atoms with E-state index in [-0.39, 0.29) is 0 Å². The summed E-state index contributed by atoms with van der Waals surface area (Å²) in [6, 6.07) is 0. The molecule has 160 valence electrons. The lowest BCUT2D eigenvalue weighted by Crippen LogP contribution is -2.43. The van der Waals surface area contributed by atoms with E-state index < -0.39 is 0 Å². The summed E-state index contributed by atoms with van der Waals surface area (Å²) in [5, 5.41) is 0. The second kappa shape index (κ2) is 9.15. The van der Waals surface area contributed by atoms with Gasteiger partial charge in [-0.05, 0) is 125 Å². The first-order valence-corrected chi connectivity index (χ1v) is 13.4. The molecule has 0 N–H and O–H groups in total. The molecule has 0 spiro atoms. The molecule has 0 aromatic rings. The molecule has 29 heavy (non-hydrogen) atoms. The van der Waals surface area contributed by atoms with E-state index >= 15 is 0 Å². The fourth-order valence-electron chi connectivity index (χ4n) is 8.73. The van der Waals surface area contributed by atoms with Crippen LogP contribution in [0.2, 0.25) is 0 Å². The maximum Gasteiger partial charge on any atom is -0.0166 e. The second-order valence-electron chi connectivity index (χ2n) is 11.2. The first-order valence-electron chi connectivity index (χ1n) is 13.4. The summed E-state index contributed by atoms with van der Waals surface area (Å²) >= 11 is 0. The molecule has 0 bridgehead atoms. The molecular weight excluding hydrogens is 348 g/mol. The summed E-state index contributed by atoms with van der Waals surface area (Å²) in [5.74, 6) is 6.33. The number of allylic oxidation sites excluding steroid dienone is 5. The molecule has 0 amide bonds. The van der Waals surface area contributed by atoms with Crippen molar-refractivity contribution in [1.82, 2.24) is 0 Å². The van der Waals surface area contributed by atoms with Crippen LogP contribution in [-0.2, 0) is 0 Å². The summed E-state index contributed by atoms with van der Waals surface area (Å²) in [6.07, 6.45) is 29.7. The molecule has 6 atom stereocenters. The second-order valence-corrected chi connectivity index (χ2v) is 11.2. The van der Waals surface area contributed by atoms with Gasteiger partial charge < -0.3 is 0 Å². The molecule has 5 rings (SSSR count). The third-order valence-electron chi connectivity index (χ3n) is 10.0. The largest absolute Gasteiger partial charge is 0.0988 e. The van der Waals surface area contributed by atoms with E-state index in [1.54, 1.807) is 43.3 Å². The first-order chi connectivity index (χ1) is 14.3. The van der Waals surface area contributed by atoms with Gasteiger partial charge in [-0.15, -0.1) is 0 Å². The maximum atomic E-state index is 4.27. The van der Waals surface area contributed by atoms with Gasteiger partial charge in [0.25, 0.3) is 0 Å². The lowest BCUT2D eigenvalue weighted by atomic mass is 9.53. The minimum atomic E-state index is 0.923. The molecule has 0 heteroatoms. The van der Waals surface area contributed by atoms with Crippen LogP contribution in [0.5, 0.6) is 0 Å². The Morgan fingerprint density at radius 2 is 1.52 bits per heavy atom. The van der Waals surface area contributed by atoms with Gasteiger partial charge in [-0.25, -0.2) is 0 Å². The zero-order chi connectivity index (χ0) is 19.6. The van der Waals surface area contributed by atoms with Crippen molar-refractivity contribution in [2.75, 3.05) is 0 Å². The Kier molecular flexibility index (Phi) is 6.36. The number of hydrogen-bond acceptors (Lipinski definition) is 0. The van der Waals surface area contributed by atoms with Crippen molar-refractivity contribution in [2.24, 2.45) is 35.5 Å². The summed E-state index contributed by atoms with van der Waals surface area (Å²) in [5.41, 5.74) is 5.25. The molecule has 0 aliphatic heterocycles. The SMILES string of the molecule is C=C/C(CCC=C1CCCCC1)=C1\CCC2C1CCC1C3CCCCC3CCC21. The van der Waals surface area contributed by atoms with Gasteiger partial charge in [0, 0.05) is 0 Å². The third kappa shape index (κ3) is 4.07. The first kappa shape index (κ1) is 20.1. The Balaban J connectivity index is 1.26. The Bertz CT molecular complexity index is 641. The highest BCUT2D eigenvalue weighted by Gasteiger charge is 2.49. The van der Waals surface area contributed by atoms with Crippen LogP contribution in [0.25, 0.3) is 0 Å². The quantitative estimate of drug-likeness (QED) is 0.419. The van der Waals surface area contributed by atoms with Crippen molar-refractivity contribution in [3.8, 4) is 0 Å². The van der Waals surface area contributed by atoms with Crippen LogP contribution >= 0.6 is 0 Å². The maximum absolute atomic E-state index is 4.27. The van der Waals surface area contributed by atoms with Gasteiger partial charge in [0.05, 0.1) is 0 Å². The summed E-state index contributed by atoms with van der Waals surface area (Å²) in [7, 11) is 0. The van der Waals surface area contributed by atoms with Crippen molar-refractivity contribution in [1.29, 1.82) is 0 Å². The van der Waals surface area contributed by atoms with Crippen LogP contribution < -0.4 is 0 Å². The van der Waals surface area contributed by atoms with Crippen LogP contribution in [0.1, 0.15) is 109 Å². The third-order valence-corrected chi connectivity index (χ3v) is 10.0. The van der Waals surface area contributed by atoms with Gasteiger partial charge in [0.15, 0.2) is 0 Å². The molecule has 5 saturated carbocycles. The van der Waals surface area contributed by atoms with E-state index in [0.29, 0.717) is 0 Å². The van der Waals surface area contributed by atoms with Gasteiger partial charge in [0.1, 0.15) is 0 Å². The minimum absolute atomic E-state index is 0.923. The smallest absolute Gasteiger partial charge is 0.0166 e. The summed E-state index contributed by atoms with van der Waals surface area (Å²) in [6.45, 7) is 4.27. The molecule has 6 unspecified atom stereocenters. The van der Waals surface area contributed by atoms with E-state index in [1.807, 2.05) is 5.57 Å². The Morgan fingerprint density at radius 1 is 0.724 bits per heavy atom. The molecule has 5 aliphatic carbocycles. The molecule has 5 fully saturated rings. The topological polar surface area (TPSA) is 0 Å². The fraction of sp³-hybridized carbons (Fsp3) is 0.793. The van der Waals surface area contributed by atoms with Crippen LogP contribution in [0.15, 0.2) is 35.5 Å². The van der Waals surface area contributed by atoms with Gasteiger partial charge in [0.2, 0.25) is 0 Å². The van der Waals surface area contributed by atoms with Gasteiger partial charge >= 0.3 is 0 Å². The average molecular weight is 393 g/mol. The molecule has 0 aromatic carbocycles. The zero-order valence-corrected chi connectivity index (χ0v) is 18.8. The Hall–Kier alpha value is -0.780. The van der Waals surface area contributed by atoms with Crippen molar-refractivity contribution in [3.63, 3.8) is 0 Å². The summed E-state index contributed by atoms with van der Waals surface area (Å²) in [4.78, 5) is 0. The number of rotatable bonds is 4. The van der Waals surface area contributed by atoms with Gasteiger partial charge in [-0.2, -0.15) is 0 Å². The van der Waals surface area contributed by atoms with E-state index in [9.17, 15) is 0 Å². The van der Waals surface area contributed by atoms with E-state index in [4.69, 9.17) is 0 Å². The molecule has 0 nitrogen and oxygen atoms in total. The van der Waals surface area contributed by atoms with Crippen molar-refractivity contribution < 1.29 is 0 Å². The van der Waals surface area contributed by atoms with Crippen molar-refractivity contribution in [3.05, 3.63) is 35.5 Å². The monoisotopic (exact) mass is 392 g/mol. The normalized spacial score (nSPS) is 41.2. The Morgan fingerprint density at radius 3 is 2.38 bits per heavy atom. The lowest BCUT2D eigenvalue weighted by Gasteiger charge is -2.52. The highest BCUT2D eigenvalue weighted by Crippen LogP contribution is 2.59. The van der Waals surface area contributed by atoms with Crippen LogP contribution in [0.3, 0.4) is 0 Å². The standard InChI is InChI=1S/C29H44/c1-2-22(13-8-11-21-9-4-3-5-10-21)25-17-18-29-27(25)20-19-26-24-14-7-6-12-23(24)15-16-28(26)29/h2,11,23-24,26-29H,1,3-10,12-20H2/b25-22-. The molecule has 0 aromatic heterocycles. The van der Waals surface area contributed by atoms with Crippen molar-refractivity contribution >= 4 is 0 Å². The van der Waals surface area contributed by atoms with E-state index in [2.05, 4.69) is 18.7 Å². The molecular formula is C29H44. The minimum Gasteiger partial charge on any atom is -0.0988 e. The van der Waals surface area contributed by atoms with Crippen molar-refractivity contribution in [2.45, 2.75) is 109 Å². The predicted octanol–water partition coefficient (Wildman–Crippen LogP) is 8.79. The van der Waals surface area contributed by atoms with Crippen LogP contribution in [-0.4, -0.2) is 0 Å². The molecule has 5 aliphatic rings. The van der Waals surface area contributed by atoms with Crippen LogP contribution in [0.4, 0.5) is 0 Å². The molecule has 0 heterocycles. The lowest BCUT2D eigenvalue weighted by molar-refractivity contribution is -0.0143. The number of fused-ring (bicyclic) bond motifs is 5. The van der Waals surface area contributed by atoms with E-state index in [0.717, 1.165) is 35.5 Å². The molecule has 0 radical (unpaired) electrons. The fourth-order valence-corrected chi connectivity index (χ4v) is 8.73. The number of hydrogen-bond donors (Lipinski definition) is 0.